The number of fused-ring (bicyclic) bond motifs is 2. The SMILES string of the molecule is C=S1c2ccccc2Cc2ccc(N)cc21. The van der Waals surface area contributed by atoms with E-state index in [1.54, 1.807) is 0 Å². The molecular formula is C14H13NS. The van der Waals surface area contributed by atoms with Gasteiger partial charge in [0.1, 0.15) is 0 Å². The van der Waals surface area contributed by atoms with Crippen molar-refractivity contribution in [3.05, 3.63) is 53.6 Å². The van der Waals surface area contributed by atoms with Crippen molar-refractivity contribution in [1.29, 1.82) is 0 Å². The van der Waals surface area contributed by atoms with E-state index in [1.165, 1.54) is 20.9 Å². The predicted molar refractivity (Wildman–Crippen MR) is 71.3 cm³/mol. The molecule has 0 amide bonds. The minimum absolute atomic E-state index is 0.0804. The lowest BCUT2D eigenvalue weighted by Gasteiger charge is -2.22. The summed E-state index contributed by atoms with van der Waals surface area (Å²) in [5.41, 5.74) is 9.44. The number of nitrogens with two attached hydrogens (primary N) is 1. The van der Waals surface area contributed by atoms with Crippen LogP contribution in [-0.4, -0.2) is 5.87 Å². The zero-order valence-electron chi connectivity index (χ0n) is 8.94. The smallest absolute Gasteiger partial charge is 0.0325 e. The van der Waals surface area contributed by atoms with E-state index in [-0.39, 0.29) is 10.5 Å². The highest BCUT2D eigenvalue weighted by atomic mass is 32.2. The zero-order chi connectivity index (χ0) is 11.1. The Kier molecular flexibility index (Phi) is 2.11. The normalized spacial score (nSPS) is 17.6. The first-order valence-corrected chi connectivity index (χ1v) is 6.65. The summed E-state index contributed by atoms with van der Waals surface area (Å²) in [4.78, 5) is 2.67. The van der Waals surface area contributed by atoms with Crippen molar-refractivity contribution >= 4 is 22.0 Å². The van der Waals surface area contributed by atoms with Gasteiger partial charge in [-0.25, -0.2) is 0 Å². The fourth-order valence-electron chi connectivity index (χ4n) is 2.16. The molecule has 16 heavy (non-hydrogen) atoms. The highest BCUT2D eigenvalue weighted by molar-refractivity contribution is 8.14. The van der Waals surface area contributed by atoms with Gasteiger partial charge in [0.2, 0.25) is 0 Å². The molecular weight excluding hydrogens is 214 g/mol. The van der Waals surface area contributed by atoms with Gasteiger partial charge in [-0.05, 0) is 35.7 Å². The molecule has 0 spiro atoms. The average Bonchev–Trinajstić information content (AvgIpc) is 2.31. The van der Waals surface area contributed by atoms with Gasteiger partial charge < -0.3 is 5.73 Å². The van der Waals surface area contributed by atoms with Gasteiger partial charge in [-0.1, -0.05) is 30.1 Å². The maximum absolute atomic E-state index is 5.84. The maximum Gasteiger partial charge on any atom is 0.0325 e. The van der Waals surface area contributed by atoms with Gasteiger partial charge >= 0.3 is 0 Å². The second-order valence-corrected chi connectivity index (χ2v) is 5.70. The zero-order valence-corrected chi connectivity index (χ0v) is 9.76. The molecule has 1 heterocycles. The fraction of sp³-hybridized carbons (Fsp3) is 0.0714. The topological polar surface area (TPSA) is 26.0 Å². The molecule has 0 radical (unpaired) electrons. The summed E-state index contributed by atoms with van der Waals surface area (Å²) in [5.74, 6) is 4.29. The van der Waals surface area contributed by atoms with Crippen LogP contribution in [0.25, 0.3) is 0 Å². The van der Waals surface area contributed by atoms with Crippen molar-refractivity contribution in [2.75, 3.05) is 5.73 Å². The van der Waals surface area contributed by atoms with Crippen molar-refractivity contribution in [1.82, 2.24) is 0 Å². The van der Waals surface area contributed by atoms with Gasteiger partial charge in [0.15, 0.2) is 0 Å². The van der Waals surface area contributed by atoms with E-state index < -0.39 is 0 Å². The van der Waals surface area contributed by atoms with E-state index in [9.17, 15) is 0 Å². The summed E-state index contributed by atoms with van der Waals surface area (Å²) in [6.45, 7) is 0. The first-order valence-electron chi connectivity index (χ1n) is 5.26. The molecule has 2 N–H and O–H groups in total. The summed E-state index contributed by atoms with van der Waals surface area (Å²) >= 11 is 0. The van der Waals surface area contributed by atoms with Crippen LogP contribution in [0.2, 0.25) is 0 Å². The van der Waals surface area contributed by atoms with E-state index in [2.05, 4.69) is 42.3 Å². The number of anilines is 1. The summed E-state index contributed by atoms with van der Waals surface area (Å²) < 4.78 is 0. The van der Waals surface area contributed by atoms with Crippen LogP contribution in [0, 0.1) is 0 Å². The Bertz CT molecular complexity index is 587. The van der Waals surface area contributed by atoms with Crippen molar-refractivity contribution in [3.8, 4) is 0 Å². The Morgan fingerprint density at radius 3 is 2.62 bits per heavy atom. The third-order valence-corrected chi connectivity index (χ3v) is 4.82. The second-order valence-electron chi connectivity index (χ2n) is 4.04. The van der Waals surface area contributed by atoms with E-state index in [4.69, 9.17) is 5.73 Å². The Morgan fingerprint density at radius 1 is 1.00 bits per heavy atom. The minimum Gasteiger partial charge on any atom is -0.399 e. The molecule has 0 saturated heterocycles. The molecule has 0 aliphatic carbocycles. The predicted octanol–water partition coefficient (Wildman–Crippen LogP) is 3.29. The van der Waals surface area contributed by atoms with E-state index in [0.717, 1.165) is 12.1 Å². The molecule has 80 valence electrons. The first-order chi connectivity index (χ1) is 7.75. The number of hydrogen-bond acceptors (Lipinski definition) is 1. The monoisotopic (exact) mass is 227 g/mol. The summed E-state index contributed by atoms with van der Waals surface area (Å²) in [7, 11) is -0.0804. The first kappa shape index (κ1) is 9.67. The van der Waals surface area contributed by atoms with Gasteiger partial charge in [0.25, 0.3) is 0 Å². The molecule has 3 rings (SSSR count). The summed E-state index contributed by atoms with van der Waals surface area (Å²) in [6, 6.07) is 14.7. The molecule has 1 aliphatic rings. The second kappa shape index (κ2) is 3.49. The van der Waals surface area contributed by atoms with Gasteiger partial charge in [-0.3, -0.25) is 0 Å². The number of benzene rings is 2. The fourth-order valence-corrected chi connectivity index (χ4v) is 3.83. The van der Waals surface area contributed by atoms with E-state index in [1.807, 2.05) is 6.07 Å². The van der Waals surface area contributed by atoms with Crippen molar-refractivity contribution < 1.29 is 0 Å². The maximum atomic E-state index is 5.84. The van der Waals surface area contributed by atoms with Crippen molar-refractivity contribution in [2.45, 2.75) is 16.2 Å². The number of rotatable bonds is 0. The molecule has 0 aromatic heterocycles. The summed E-state index contributed by atoms with van der Waals surface area (Å²) in [6.07, 6.45) is 1.00. The van der Waals surface area contributed by atoms with Crippen LogP contribution in [0.4, 0.5) is 5.69 Å². The molecule has 1 atom stereocenters. The van der Waals surface area contributed by atoms with Crippen LogP contribution >= 0.6 is 10.5 Å². The number of nitrogen functional groups attached to an aromatic ring is 1. The lowest BCUT2D eigenvalue weighted by atomic mass is 10.0. The molecule has 2 aromatic rings. The lowest BCUT2D eigenvalue weighted by Crippen LogP contribution is -2.01. The highest BCUT2D eigenvalue weighted by Gasteiger charge is 2.17. The Labute approximate surface area is 97.8 Å². The third kappa shape index (κ3) is 1.38. The average molecular weight is 227 g/mol. The van der Waals surface area contributed by atoms with Gasteiger partial charge in [0, 0.05) is 15.5 Å². The molecule has 2 aromatic carbocycles. The Morgan fingerprint density at radius 2 is 1.75 bits per heavy atom. The summed E-state index contributed by atoms with van der Waals surface area (Å²) in [5, 5.41) is 0. The molecule has 0 fully saturated rings. The minimum atomic E-state index is -0.0804. The van der Waals surface area contributed by atoms with Crippen LogP contribution in [0.5, 0.6) is 0 Å². The highest BCUT2D eigenvalue weighted by Crippen LogP contribution is 2.44. The van der Waals surface area contributed by atoms with Crippen molar-refractivity contribution in [2.24, 2.45) is 0 Å². The number of hydrogen-bond donors (Lipinski definition) is 1. The molecule has 0 saturated carbocycles. The standard InChI is InChI=1S/C14H13NS/c1-16-13-5-3-2-4-10(13)8-11-6-7-12(15)9-14(11)16/h2-7,9H,1,8,15H2. The molecule has 2 heteroatoms. The largest absolute Gasteiger partial charge is 0.399 e. The quantitative estimate of drug-likeness (QED) is 0.463. The van der Waals surface area contributed by atoms with E-state index >= 15 is 0 Å². The van der Waals surface area contributed by atoms with E-state index in [0.29, 0.717) is 0 Å². The van der Waals surface area contributed by atoms with Crippen LogP contribution in [0.1, 0.15) is 11.1 Å². The third-order valence-electron chi connectivity index (χ3n) is 2.98. The molecule has 0 bridgehead atoms. The molecule has 1 nitrogen and oxygen atoms in total. The Balaban J connectivity index is 2.23. The van der Waals surface area contributed by atoms with Crippen LogP contribution in [0.15, 0.2) is 52.3 Å². The van der Waals surface area contributed by atoms with Crippen LogP contribution in [-0.2, 0) is 6.42 Å². The van der Waals surface area contributed by atoms with Crippen LogP contribution in [0.3, 0.4) is 0 Å². The Hall–Kier alpha value is -1.54. The van der Waals surface area contributed by atoms with Gasteiger partial charge in [0.05, 0.1) is 0 Å². The van der Waals surface area contributed by atoms with Gasteiger partial charge in [-0.2, -0.15) is 0 Å². The van der Waals surface area contributed by atoms with Crippen LogP contribution < -0.4 is 5.73 Å². The van der Waals surface area contributed by atoms with Crippen molar-refractivity contribution in [3.63, 3.8) is 0 Å². The van der Waals surface area contributed by atoms with Gasteiger partial charge in [-0.15, -0.1) is 10.5 Å². The molecule has 1 aliphatic heterocycles. The molecule has 1 unspecified atom stereocenters. The lowest BCUT2D eigenvalue weighted by molar-refractivity contribution is 1.05.